The zero-order valence-electron chi connectivity index (χ0n) is 9.00. The number of rotatable bonds is 7. The molecule has 0 aromatic rings. The molecule has 0 heterocycles. The van der Waals surface area contributed by atoms with Crippen LogP contribution in [0.5, 0.6) is 0 Å². The van der Waals surface area contributed by atoms with E-state index in [0.717, 1.165) is 6.42 Å². The van der Waals surface area contributed by atoms with Crippen LogP contribution in [0.15, 0.2) is 0 Å². The van der Waals surface area contributed by atoms with Gasteiger partial charge in [-0.15, -0.1) is 0 Å². The first-order valence-electron chi connectivity index (χ1n) is 4.71. The van der Waals surface area contributed by atoms with Crippen LogP contribution >= 0.6 is 0 Å². The summed E-state index contributed by atoms with van der Waals surface area (Å²) in [5, 5.41) is 0. The zero-order chi connectivity index (χ0) is 7.66. The second-order valence-electron chi connectivity index (χ2n) is 2.97. The SMILES string of the molecule is [Br-].[Br-].[Br-].[CH2-]CCCCCCCCC.[Ti+4]. The summed E-state index contributed by atoms with van der Waals surface area (Å²) in [6, 6.07) is 0. The average molecular weight is 429 g/mol. The Labute approximate surface area is 137 Å². The fraction of sp³-hybridized carbons (Fsp3) is 0.900. The van der Waals surface area contributed by atoms with Crippen molar-refractivity contribution in [1.82, 2.24) is 0 Å². The van der Waals surface area contributed by atoms with Crippen LogP contribution in [0.3, 0.4) is 0 Å². The van der Waals surface area contributed by atoms with Crippen LogP contribution < -0.4 is 50.9 Å². The topological polar surface area (TPSA) is 0 Å². The van der Waals surface area contributed by atoms with E-state index in [1.807, 2.05) is 0 Å². The molecule has 0 rings (SSSR count). The minimum Gasteiger partial charge on any atom is -1.00 e. The molecule has 86 valence electrons. The van der Waals surface area contributed by atoms with Gasteiger partial charge in [0.25, 0.3) is 0 Å². The van der Waals surface area contributed by atoms with Gasteiger partial charge in [-0.05, 0) is 0 Å². The maximum Gasteiger partial charge on any atom is 4.00 e. The Morgan fingerprint density at radius 1 is 0.714 bits per heavy atom. The minimum atomic E-state index is 0. The molecule has 0 N–H and O–H groups in total. The quantitative estimate of drug-likeness (QED) is 0.216. The summed E-state index contributed by atoms with van der Waals surface area (Å²) in [6.45, 7) is 6.08. The molecular weight excluding hydrogens is 408 g/mol. The molecule has 0 spiro atoms. The van der Waals surface area contributed by atoms with Gasteiger partial charge in [0.2, 0.25) is 0 Å². The van der Waals surface area contributed by atoms with Gasteiger partial charge in [0, 0.05) is 0 Å². The third-order valence-corrected chi connectivity index (χ3v) is 1.85. The van der Waals surface area contributed by atoms with Gasteiger partial charge < -0.3 is 57.9 Å². The van der Waals surface area contributed by atoms with Crippen LogP contribution in [-0.4, -0.2) is 0 Å². The largest absolute Gasteiger partial charge is 4.00 e. The summed E-state index contributed by atoms with van der Waals surface area (Å²) < 4.78 is 0. The van der Waals surface area contributed by atoms with E-state index >= 15 is 0 Å². The average Bonchev–Trinajstić information content (AvgIpc) is 1.97. The van der Waals surface area contributed by atoms with Crippen molar-refractivity contribution in [3.8, 4) is 0 Å². The fourth-order valence-corrected chi connectivity index (χ4v) is 1.13. The van der Waals surface area contributed by atoms with Crippen molar-refractivity contribution in [2.75, 3.05) is 0 Å². The Kier molecular flexibility index (Phi) is 62.7. The van der Waals surface area contributed by atoms with Gasteiger partial charge in [-0.3, -0.25) is 0 Å². The van der Waals surface area contributed by atoms with E-state index in [1.165, 1.54) is 44.9 Å². The molecular formula is C10H21Br3Ti. The Bertz CT molecular complexity index is 55.3. The van der Waals surface area contributed by atoms with Gasteiger partial charge in [0.05, 0.1) is 0 Å². The molecule has 0 aliphatic rings. The van der Waals surface area contributed by atoms with E-state index in [4.69, 9.17) is 0 Å². The Balaban J connectivity index is -0.0000000675. The second kappa shape index (κ2) is 29.4. The molecule has 0 aliphatic heterocycles. The van der Waals surface area contributed by atoms with Crippen LogP contribution in [0, 0.1) is 6.92 Å². The van der Waals surface area contributed by atoms with Crippen LogP contribution in [0.4, 0.5) is 0 Å². The monoisotopic (exact) mass is 426 g/mol. The predicted molar refractivity (Wildman–Crippen MR) is 48.0 cm³/mol. The van der Waals surface area contributed by atoms with Gasteiger partial charge in [-0.2, -0.15) is 6.42 Å². The van der Waals surface area contributed by atoms with E-state index in [9.17, 15) is 0 Å². The molecule has 4 heteroatoms. The van der Waals surface area contributed by atoms with Crippen molar-refractivity contribution in [2.45, 2.75) is 58.3 Å². The first-order valence-corrected chi connectivity index (χ1v) is 4.71. The summed E-state index contributed by atoms with van der Waals surface area (Å²) in [6.07, 6.45) is 10.9. The smallest absolute Gasteiger partial charge is 1.00 e. The molecule has 0 aromatic heterocycles. The summed E-state index contributed by atoms with van der Waals surface area (Å²) in [5.41, 5.74) is 0. The van der Waals surface area contributed by atoms with Gasteiger partial charge in [0.15, 0.2) is 0 Å². The molecule has 0 amide bonds. The fourth-order valence-electron chi connectivity index (χ4n) is 1.13. The normalized spacial score (nSPS) is 7.29. The van der Waals surface area contributed by atoms with Crippen molar-refractivity contribution in [1.29, 1.82) is 0 Å². The Hall–Kier alpha value is 2.15. The third kappa shape index (κ3) is 29.2. The molecule has 0 radical (unpaired) electrons. The van der Waals surface area contributed by atoms with Crippen LogP contribution in [0.25, 0.3) is 0 Å². The van der Waals surface area contributed by atoms with Gasteiger partial charge in [-0.25, -0.2) is 0 Å². The van der Waals surface area contributed by atoms with E-state index < -0.39 is 0 Å². The molecule has 0 saturated carbocycles. The van der Waals surface area contributed by atoms with Crippen molar-refractivity contribution >= 4 is 0 Å². The number of hydrogen-bond acceptors (Lipinski definition) is 0. The maximum absolute atomic E-state index is 3.82. The van der Waals surface area contributed by atoms with Crippen molar-refractivity contribution in [3.05, 3.63) is 6.92 Å². The number of unbranched alkanes of at least 4 members (excludes halogenated alkanes) is 7. The van der Waals surface area contributed by atoms with Crippen molar-refractivity contribution in [2.24, 2.45) is 0 Å². The van der Waals surface area contributed by atoms with Gasteiger partial charge in [0.1, 0.15) is 0 Å². The molecule has 0 unspecified atom stereocenters. The van der Waals surface area contributed by atoms with E-state index in [-0.39, 0.29) is 72.7 Å². The summed E-state index contributed by atoms with van der Waals surface area (Å²) in [7, 11) is 0. The standard InChI is InChI=1S/C10H21.3BrH.Ti/c1-3-5-7-9-10-8-6-4-2;;;;/h1,3-10H2,2H3;3*1H;/q-1;;;;+4/p-3. The Morgan fingerprint density at radius 2 is 1.07 bits per heavy atom. The number of halogens is 3. The Morgan fingerprint density at radius 3 is 1.43 bits per heavy atom. The summed E-state index contributed by atoms with van der Waals surface area (Å²) in [5.74, 6) is 0. The van der Waals surface area contributed by atoms with Crippen LogP contribution in [-0.2, 0) is 21.7 Å². The molecule has 0 saturated heterocycles. The van der Waals surface area contributed by atoms with E-state index in [2.05, 4.69) is 13.8 Å². The molecule has 14 heavy (non-hydrogen) atoms. The molecule has 0 bridgehead atoms. The van der Waals surface area contributed by atoms with Crippen molar-refractivity contribution in [3.63, 3.8) is 0 Å². The van der Waals surface area contributed by atoms with Gasteiger partial charge in [-0.1, -0.05) is 51.9 Å². The molecule has 0 aromatic carbocycles. The minimum absolute atomic E-state index is 0. The first-order chi connectivity index (χ1) is 4.91. The van der Waals surface area contributed by atoms with E-state index in [1.54, 1.807) is 0 Å². The zero-order valence-corrected chi connectivity index (χ0v) is 15.3. The molecule has 0 nitrogen and oxygen atoms in total. The number of hydrogen-bond donors (Lipinski definition) is 0. The summed E-state index contributed by atoms with van der Waals surface area (Å²) >= 11 is 0. The molecule has 0 aliphatic carbocycles. The maximum atomic E-state index is 3.82. The van der Waals surface area contributed by atoms with Crippen LogP contribution in [0.2, 0.25) is 0 Å². The van der Waals surface area contributed by atoms with Gasteiger partial charge >= 0.3 is 21.7 Å². The van der Waals surface area contributed by atoms with Crippen LogP contribution in [0.1, 0.15) is 58.3 Å². The molecule has 0 atom stereocenters. The van der Waals surface area contributed by atoms with E-state index in [0.29, 0.717) is 0 Å². The molecule has 0 fully saturated rings. The second-order valence-corrected chi connectivity index (χ2v) is 2.97. The first kappa shape index (κ1) is 29.8. The summed E-state index contributed by atoms with van der Waals surface area (Å²) in [4.78, 5) is 0. The van der Waals surface area contributed by atoms with Crippen molar-refractivity contribution < 1.29 is 72.7 Å². The predicted octanol–water partition coefficient (Wildman–Crippen LogP) is -5.03. The third-order valence-electron chi connectivity index (χ3n) is 1.85.